The number of carbonyl (C=O) groups excluding carboxylic acids is 1. The van der Waals surface area contributed by atoms with Crippen molar-refractivity contribution in [3.8, 4) is 0 Å². The average Bonchev–Trinajstić information content (AvgIpc) is 2.68. The van der Waals surface area contributed by atoms with Gasteiger partial charge in [0.1, 0.15) is 0 Å². The molecule has 0 radical (unpaired) electrons. The van der Waals surface area contributed by atoms with Gasteiger partial charge < -0.3 is 10.6 Å². The summed E-state index contributed by atoms with van der Waals surface area (Å²) < 4.78 is 0. The highest BCUT2D eigenvalue weighted by Gasteiger charge is 2.29. The quantitative estimate of drug-likeness (QED) is 0.870. The number of anilines is 1. The molecule has 0 aliphatic carbocycles. The first-order valence-electron chi connectivity index (χ1n) is 5.54. The van der Waals surface area contributed by atoms with Gasteiger partial charge in [-0.25, -0.2) is 0 Å². The third kappa shape index (κ3) is 2.92. The summed E-state index contributed by atoms with van der Waals surface area (Å²) in [7, 11) is 0. The summed E-state index contributed by atoms with van der Waals surface area (Å²) in [5.41, 5.74) is 0.611. The Bertz CT molecular complexity index is 437. The van der Waals surface area contributed by atoms with E-state index in [0.717, 1.165) is 13.1 Å². The van der Waals surface area contributed by atoms with Gasteiger partial charge in [0.2, 0.25) is 5.91 Å². The van der Waals surface area contributed by atoms with Gasteiger partial charge in [-0.05, 0) is 30.7 Å². The standard InChI is InChI=1S/C12H14Cl2N2O/c1-7-5-15-6-9(7)12(17)16-11-3-2-8(13)4-10(11)14/h2-4,7,9,15H,5-6H2,1H3,(H,16,17). The molecule has 2 unspecified atom stereocenters. The molecular formula is C12H14Cl2N2O. The molecule has 1 aliphatic heterocycles. The molecule has 92 valence electrons. The summed E-state index contributed by atoms with van der Waals surface area (Å²) in [5.74, 6) is 0.356. The lowest BCUT2D eigenvalue weighted by atomic mass is 9.97. The largest absolute Gasteiger partial charge is 0.324 e. The maximum absolute atomic E-state index is 12.0. The van der Waals surface area contributed by atoms with Gasteiger partial charge in [-0.3, -0.25) is 4.79 Å². The zero-order chi connectivity index (χ0) is 12.4. The van der Waals surface area contributed by atoms with E-state index in [1.54, 1.807) is 18.2 Å². The molecule has 0 bridgehead atoms. The minimum Gasteiger partial charge on any atom is -0.324 e. The first-order valence-corrected chi connectivity index (χ1v) is 6.30. The van der Waals surface area contributed by atoms with E-state index >= 15 is 0 Å². The van der Waals surface area contributed by atoms with Gasteiger partial charge in [-0.15, -0.1) is 0 Å². The molecule has 17 heavy (non-hydrogen) atoms. The van der Waals surface area contributed by atoms with Gasteiger partial charge >= 0.3 is 0 Å². The number of amides is 1. The summed E-state index contributed by atoms with van der Waals surface area (Å²) in [6.45, 7) is 3.67. The van der Waals surface area contributed by atoms with E-state index in [1.165, 1.54) is 0 Å². The van der Waals surface area contributed by atoms with Crippen molar-refractivity contribution in [2.45, 2.75) is 6.92 Å². The minimum atomic E-state index is 0.00162. The lowest BCUT2D eigenvalue weighted by Crippen LogP contribution is -2.27. The van der Waals surface area contributed by atoms with Crippen molar-refractivity contribution in [2.24, 2.45) is 11.8 Å². The maximum Gasteiger partial charge on any atom is 0.229 e. The molecule has 3 nitrogen and oxygen atoms in total. The number of benzene rings is 1. The van der Waals surface area contributed by atoms with E-state index in [4.69, 9.17) is 23.2 Å². The van der Waals surface area contributed by atoms with Crippen molar-refractivity contribution in [2.75, 3.05) is 18.4 Å². The van der Waals surface area contributed by atoms with Gasteiger partial charge in [-0.1, -0.05) is 30.1 Å². The van der Waals surface area contributed by atoms with Gasteiger partial charge in [0.15, 0.2) is 0 Å². The molecule has 1 aromatic carbocycles. The average molecular weight is 273 g/mol. The van der Waals surface area contributed by atoms with E-state index in [1.807, 2.05) is 0 Å². The highest BCUT2D eigenvalue weighted by molar-refractivity contribution is 6.36. The molecule has 1 saturated heterocycles. The predicted molar refractivity (Wildman–Crippen MR) is 70.6 cm³/mol. The van der Waals surface area contributed by atoms with Crippen LogP contribution in [0.1, 0.15) is 6.92 Å². The molecule has 2 rings (SSSR count). The zero-order valence-electron chi connectivity index (χ0n) is 9.47. The van der Waals surface area contributed by atoms with E-state index < -0.39 is 0 Å². The number of hydrogen-bond donors (Lipinski definition) is 2. The Kier molecular flexibility index (Phi) is 3.92. The Labute approximate surface area is 110 Å². The van der Waals surface area contributed by atoms with Crippen LogP contribution in [0.15, 0.2) is 18.2 Å². The van der Waals surface area contributed by atoms with Crippen LogP contribution >= 0.6 is 23.2 Å². The normalized spacial score (nSPS) is 23.7. The minimum absolute atomic E-state index is 0.00162. The first-order chi connectivity index (χ1) is 8.08. The Morgan fingerprint density at radius 1 is 1.41 bits per heavy atom. The van der Waals surface area contributed by atoms with Crippen molar-refractivity contribution in [1.29, 1.82) is 0 Å². The molecule has 0 spiro atoms. The summed E-state index contributed by atoms with van der Waals surface area (Å²) >= 11 is 11.8. The summed E-state index contributed by atoms with van der Waals surface area (Å²) in [6.07, 6.45) is 0. The molecule has 0 saturated carbocycles. The number of nitrogens with one attached hydrogen (secondary N) is 2. The van der Waals surface area contributed by atoms with Crippen LogP contribution < -0.4 is 10.6 Å². The molecule has 1 amide bonds. The maximum atomic E-state index is 12.0. The van der Waals surface area contributed by atoms with Crippen LogP contribution in [-0.4, -0.2) is 19.0 Å². The lowest BCUT2D eigenvalue weighted by Gasteiger charge is -2.15. The number of carbonyl (C=O) groups is 1. The van der Waals surface area contributed by atoms with Gasteiger partial charge in [-0.2, -0.15) is 0 Å². The molecule has 2 atom stereocenters. The smallest absolute Gasteiger partial charge is 0.229 e. The van der Waals surface area contributed by atoms with Crippen molar-refractivity contribution in [3.63, 3.8) is 0 Å². The fourth-order valence-corrected chi connectivity index (χ4v) is 2.43. The van der Waals surface area contributed by atoms with Crippen molar-refractivity contribution >= 4 is 34.8 Å². The Morgan fingerprint density at radius 2 is 2.18 bits per heavy atom. The highest BCUT2D eigenvalue weighted by atomic mass is 35.5. The lowest BCUT2D eigenvalue weighted by molar-refractivity contribution is -0.120. The number of halogens is 2. The monoisotopic (exact) mass is 272 g/mol. The highest BCUT2D eigenvalue weighted by Crippen LogP contribution is 2.26. The first kappa shape index (κ1) is 12.7. The SMILES string of the molecule is CC1CNCC1C(=O)Nc1ccc(Cl)cc1Cl. The molecule has 2 N–H and O–H groups in total. The fraction of sp³-hybridized carbons (Fsp3) is 0.417. The molecule has 1 heterocycles. The van der Waals surface area contributed by atoms with Crippen LogP contribution in [0.5, 0.6) is 0 Å². The third-order valence-electron chi connectivity index (χ3n) is 3.04. The summed E-state index contributed by atoms with van der Waals surface area (Å²) in [6, 6.07) is 5.05. The van der Waals surface area contributed by atoms with Gasteiger partial charge in [0, 0.05) is 11.6 Å². The van der Waals surface area contributed by atoms with Crippen molar-refractivity contribution < 1.29 is 4.79 Å². The van der Waals surface area contributed by atoms with Crippen LogP contribution in [0, 0.1) is 11.8 Å². The summed E-state index contributed by atoms with van der Waals surface area (Å²) in [4.78, 5) is 12.0. The predicted octanol–water partition coefficient (Wildman–Crippen LogP) is 2.79. The number of hydrogen-bond acceptors (Lipinski definition) is 2. The van der Waals surface area contributed by atoms with Gasteiger partial charge in [0.25, 0.3) is 0 Å². The van der Waals surface area contributed by atoms with Crippen molar-refractivity contribution in [3.05, 3.63) is 28.2 Å². The molecule has 5 heteroatoms. The second-order valence-corrected chi connectivity index (χ2v) is 5.20. The van der Waals surface area contributed by atoms with Crippen LogP contribution in [0.3, 0.4) is 0 Å². The van der Waals surface area contributed by atoms with Crippen LogP contribution in [0.25, 0.3) is 0 Å². The van der Waals surface area contributed by atoms with E-state index in [2.05, 4.69) is 17.6 Å². The van der Waals surface area contributed by atoms with Crippen LogP contribution in [0.4, 0.5) is 5.69 Å². The molecular weight excluding hydrogens is 259 g/mol. The van der Waals surface area contributed by atoms with E-state index in [-0.39, 0.29) is 11.8 Å². The van der Waals surface area contributed by atoms with Crippen molar-refractivity contribution in [1.82, 2.24) is 5.32 Å². The fourth-order valence-electron chi connectivity index (χ4n) is 1.98. The molecule has 1 aliphatic rings. The number of rotatable bonds is 2. The third-order valence-corrected chi connectivity index (χ3v) is 3.59. The van der Waals surface area contributed by atoms with E-state index in [9.17, 15) is 4.79 Å². The molecule has 1 fully saturated rings. The zero-order valence-corrected chi connectivity index (χ0v) is 11.0. The van der Waals surface area contributed by atoms with Crippen LogP contribution in [0.2, 0.25) is 10.0 Å². The second-order valence-electron chi connectivity index (χ2n) is 4.36. The summed E-state index contributed by atoms with van der Waals surface area (Å²) in [5, 5.41) is 7.06. The van der Waals surface area contributed by atoms with E-state index in [0.29, 0.717) is 21.7 Å². The Hall–Kier alpha value is -0.770. The van der Waals surface area contributed by atoms with Gasteiger partial charge in [0.05, 0.1) is 16.6 Å². The topological polar surface area (TPSA) is 41.1 Å². The van der Waals surface area contributed by atoms with Crippen LogP contribution in [-0.2, 0) is 4.79 Å². The Morgan fingerprint density at radius 3 is 2.76 bits per heavy atom. The Balaban J connectivity index is 2.07. The molecule has 0 aromatic heterocycles. The molecule has 1 aromatic rings. The second kappa shape index (κ2) is 5.25.